The Labute approximate surface area is 142 Å². The summed E-state index contributed by atoms with van der Waals surface area (Å²) < 4.78 is 13.5. The van der Waals surface area contributed by atoms with E-state index >= 15 is 0 Å². The lowest BCUT2D eigenvalue weighted by molar-refractivity contribution is -0.0534. The number of aromatic nitrogens is 4. The van der Waals surface area contributed by atoms with Gasteiger partial charge in [-0.3, -0.25) is 9.58 Å². The van der Waals surface area contributed by atoms with Crippen LogP contribution < -0.4 is 0 Å². The van der Waals surface area contributed by atoms with E-state index in [9.17, 15) is 0 Å². The van der Waals surface area contributed by atoms with Gasteiger partial charge in [0.1, 0.15) is 0 Å². The van der Waals surface area contributed by atoms with E-state index in [4.69, 9.17) is 9.26 Å². The van der Waals surface area contributed by atoms with Crippen molar-refractivity contribution >= 4 is 0 Å². The molecule has 0 radical (unpaired) electrons. The van der Waals surface area contributed by atoms with Crippen molar-refractivity contribution in [3.8, 4) is 0 Å². The smallest absolute Gasteiger partial charge is 0.243 e. The first-order chi connectivity index (χ1) is 11.6. The van der Waals surface area contributed by atoms with E-state index < -0.39 is 0 Å². The van der Waals surface area contributed by atoms with Gasteiger partial charge in [-0.25, -0.2) is 0 Å². The fourth-order valence-electron chi connectivity index (χ4n) is 3.34. The Morgan fingerprint density at radius 2 is 2.17 bits per heavy atom. The lowest BCUT2D eigenvalue weighted by Crippen LogP contribution is -2.45. The van der Waals surface area contributed by atoms with Crippen LogP contribution in [0.3, 0.4) is 0 Å². The molecule has 0 N–H and O–H groups in total. The van der Waals surface area contributed by atoms with E-state index in [2.05, 4.69) is 40.1 Å². The van der Waals surface area contributed by atoms with Gasteiger partial charge in [0, 0.05) is 24.7 Å². The minimum Gasteiger partial charge on any atom is -0.374 e. The van der Waals surface area contributed by atoms with Gasteiger partial charge in [0.2, 0.25) is 5.89 Å². The molecule has 1 aliphatic heterocycles. The van der Waals surface area contributed by atoms with Crippen LogP contribution in [0.1, 0.15) is 54.8 Å². The number of rotatable bonds is 5. The molecular weight excluding hydrogens is 306 g/mol. The van der Waals surface area contributed by atoms with E-state index in [1.807, 2.05) is 11.6 Å². The van der Waals surface area contributed by atoms with Crippen LogP contribution in [-0.4, -0.2) is 50.6 Å². The molecule has 0 amide bonds. The molecule has 2 atom stereocenters. The Hall–Kier alpha value is -1.73. The normalized spacial score (nSPS) is 23.5. The first kappa shape index (κ1) is 15.8. The van der Waals surface area contributed by atoms with Gasteiger partial charge in [-0.2, -0.15) is 10.1 Å². The molecule has 1 aliphatic carbocycles. The molecule has 1 saturated heterocycles. The lowest BCUT2D eigenvalue weighted by Gasteiger charge is -2.35. The fourth-order valence-corrected chi connectivity index (χ4v) is 3.34. The minimum absolute atomic E-state index is 0.122. The standard InChI is InChI=1S/C17H25N5O2/c1-11-8-12(2)22(19-11)10-15-9-21(6-7-23-15)13(3)17-18-16(20-24-17)14-4-5-14/h8,13-15H,4-7,9-10H2,1-3H3/t13-,15+/m0/s1. The molecule has 0 bridgehead atoms. The maximum absolute atomic E-state index is 5.95. The van der Waals surface area contributed by atoms with Crippen molar-refractivity contribution in [3.05, 3.63) is 29.2 Å². The Morgan fingerprint density at radius 1 is 1.33 bits per heavy atom. The van der Waals surface area contributed by atoms with E-state index in [0.29, 0.717) is 5.92 Å². The largest absolute Gasteiger partial charge is 0.374 e. The monoisotopic (exact) mass is 331 g/mol. The molecule has 2 aromatic heterocycles. The van der Waals surface area contributed by atoms with Gasteiger partial charge in [-0.05, 0) is 39.7 Å². The van der Waals surface area contributed by atoms with Crippen molar-refractivity contribution in [1.29, 1.82) is 0 Å². The SMILES string of the molecule is Cc1cc(C)n(C[C@H]2CN([C@@H](C)c3nc(C4CC4)no3)CCO2)n1. The van der Waals surface area contributed by atoms with Gasteiger partial charge < -0.3 is 9.26 Å². The topological polar surface area (TPSA) is 69.2 Å². The van der Waals surface area contributed by atoms with Crippen molar-refractivity contribution in [2.75, 3.05) is 19.7 Å². The molecule has 130 valence electrons. The second-order valence-corrected chi connectivity index (χ2v) is 7.04. The van der Waals surface area contributed by atoms with Crippen LogP contribution in [0.5, 0.6) is 0 Å². The zero-order valence-corrected chi connectivity index (χ0v) is 14.6. The lowest BCUT2D eigenvalue weighted by atomic mass is 10.2. The van der Waals surface area contributed by atoms with E-state index in [0.717, 1.165) is 43.7 Å². The number of hydrogen-bond acceptors (Lipinski definition) is 6. The summed E-state index contributed by atoms with van der Waals surface area (Å²) in [5, 5.41) is 8.68. The number of hydrogen-bond donors (Lipinski definition) is 0. The molecule has 1 saturated carbocycles. The molecular formula is C17H25N5O2. The molecule has 3 heterocycles. The van der Waals surface area contributed by atoms with Crippen molar-refractivity contribution in [2.45, 2.75) is 58.2 Å². The Kier molecular flexibility index (Phi) is 4.14. The first-order valence-corrected chi connectivity index (χ1v) is 8.80. The van der Waals surface area contributed by atoms with Crippen molar-refractivity contribution in [1.82, 2.24) is 24.8 Å². The van der Waals surface area contributed by atoms with Gasteiger partial charge >= 0.3 is 0 Å². The van der Waals surface area contributed by atoms with Crippen LogP contribution in [0.15, 0.2) is 10.6 Å². The molecule has 7 nitrogen and oxygen atoms in total. The van der Waals surface area contributed by atoms with Crippen LogP contribution in [0.2, 0.25) is 0 Å². The molecule has 0 unspecified atom stereocenters. The molecule has 0 spiro atoms. The van der Waals surface area contributed by atoms with Crippen LogP contribution in [0.25, 0.3) is 0 Å². The molecule has 2 fully saturated rings. The third-order valence-corrected chi connectivity index (χ3v) is 4.96. The third kappa shape index (κ3) is 3.23. The van der Waals surface area contributed by atoms with Crippen LogP contribution in [-0.2, 0) is 11.3 Å². The quantitative estimate of drug-likeness (QED) is 0.837. The zero-order valence-electron chi connectivity index (χ0n) is 14.6. The van der Waals surface area contributed by atoms with Crippen molar-refractivity contribution < 1.29 is 9.26 Å². The van der Waals surface area contributed by atoms with Crippen LogP contribution >= 0.6 is 0 Å². The molecule has 2 aliphatic rings. The predicted octanol–water partition coefficient (Wildman–Crippen LogP) is 2.22. The molecule has 2 aromatic rings. The number of aryl methyl sites for hydroxylation is 2. The molecule has 0 aromatic carbocycles. The number of morpholine rings is 1. The highest BCUT2D eigenvalue weighted by Crippen LogP contribution is 2.38. The Morgan fingerprint density at radius 3 is 2.88 bits per heavy atom. The Bertz CT molecular complexity index is 706. The number of ether oxygens (including phenoxy) is 1. The summed E-state index contributed by atoms with van der Waals surface area (Å²) in [6.45, 7) is 9.47. The maximum atomic E-state index is 5.95. The summed E-state index contributed by atoms with van der Waals surface area (Å²) in [5.41, 5.74) is 2.22. The summed E-state index contributed by atoms with van der Waals surface area (Å²) in [6.07, 6.45) is 2.51. The van der Waals surface area contributed by atoms with Crippen molar-refractivity contribution in [2.24, 2.45) is 0 Å². The average Bonchev–Trinajstić information content (AvgIpc) is 3.22. The van der Waals surface area contributed by atoms with Gasteiger partial charge in [-0.15, -0.1) is 0 Å². The summed E-state index contributed by atoms with van der Waals surface area (Å²) in [6, 6.07) is 2.22. The minimum atomic E-state index is 0.122. The van der Waals surface area contributed by atoms with Crippen LogP contribution in [0, 0.1) is 13.8 Å². The van der Waals surface area contributed by atoms with Crippen molar-refractivity contribution in [3.63, 3.8) is 0 Å². The van der Waals surface area contributed by atoms with Crippen LogP contribution in [0.4, 0.5) is 0 Å². The Balaban J connectivity index is 1.40. The van der Waals surface area contributed by atoms with Gasteiger partial charge in [0.25, 0.3) is 0 Å². The summed E-state index contributed by atoms with van der Waals surface area (Å²) in [5.74, 6) is 2.13. The van der Waals surface area contributed by atoms with Gasteiger partial charge in [0.05, 0.1) is 31.0 Å². The van der Waals surface area contributed by atoms with Gasteiger partial charge in [-0.1, -0.05) is 5.16 Å². The fraction of sp³-hybridized carbons (Fsp3) is 0.706. The summed E-state index contributed by atoms with van der Waals surface area (Å²) >= 11 is 0. The molecule has 4 rings (SSSR count). The maximum Gasteiger partial charge on any atom is 0.243 e. The average molecular weight is 331 g/mol. The molecule has 7 heteroatoms. The highest BCUT2D eigenvalue weighted by Gasteiger charge is 2.32. The summed E-state index contributed by atoms with van der Waals surface area (Å²) in [7, 11) is 0. The number of nitrogens with zero attached hydrogens (tertiary/aromatic N) is 5. The highest BCUT2D eigenvalue weighted by atomic mass is 16.5. The highest BCUT2D eigenvalue weighted by molar-refractivity contribution is 5.07. The first-order valence-electron chi connectivity index (χ1n) is 8.80. The van der Waals surface area contributed by atoms with Gasteiger partial charge in [0.15, 0.2) is 5.82 Å². The molecule has 24 heavy (non-hydrogen) atoms. The third-order valence-electron chi connectivity index (χ3n) is 4.96. The second kappa shape index (κ2) is 6.29. The predicted molar refractivity (Wildman–Crippen MR) is 87.7 cm³/mol. The van der Waals surface area contributed by atoms with E-state index in [1.165, 1.54) is 18.5 Å². The second-order valence-electron chi connectivity index (χ2n) is 7.04. The zero-order chi connectivity index (χ0) is 16.7. The summed E-state index contributed by atoms with van der Waals surface area (Å²) in [4.78, 5) is 6.96. The van der Waals surface area contributed by atoms with E-state index in [1.54, 1.807) is 0 Å². The van der Waals surface area contributed by atoms with E-state index in [-0.39, 0.29) is 12.1 Å².